The predicted octanol–water partition coefficient (Wildman–Crippen LogP) is 3.82. The summed E-state index contributed by atoms with van der Waals surface area (Å²) in [6.45, 7) is 4.34. The molecule has 1 aromatic heterocycles. The SMILES string of the molecule is CCN1C(=O)NC(c2ccc(Cl)cc2Cl)C2=C1CN(C(C)C(=O)N(C)Cc1ccco1)C2=O. The lowest BCUT2D eigenvalue weighted by atomic mass is 9.95. The molecule has 2 aliphatic heterocycles. The van der Waals surface area contributed by atoms with E-state index in [1.54, 1.807) is 50.6 Å². The monoisotopic (exact) mass is 490 g/mol. The number of furan rings is 1. The van der Waals surface area contributed by atoms with E-state index in [1.807, 2.05) is 6.92 Å². The molecule has 2 aliphatic rings. The Morgan fingerprint density at radius 1 is 1.30 bits per heavy atom. The summed E-state index contributed by atoms with van der Waals surface area (Å²) in [7, 11) is 1.66. The molecular formula is C23H24Cl2N4O4. The molecular weight excluding hydrogens is 467 g/mol. The van der Waals surface area contributed by atoms with E-state index in [9.17, 15) is 14.4 Å². The van der Waals surface area contributed by atoms with E-state index in [-0.39, 0.29) is 30.9 Å². The number of hydrogen-bond donors (Lipinski definition) is 1. The van der Waals surface area contributed by atoms with Crippen LogP contribution in [0.2, 0.25) is 10.0 Å². The van der Waals surface area contributed by atoms with E-state index in [0.717, 1.165) is 0 Å². The standard InChI is InChI=1S/C23H24Cl2N4O4/c1-4-28-18-12-29(13(2)21(30)27(3)11-15-6-5-9-33-15)22(31)19(18)20(26-23(28)32)16-8-7-14(24)10-17(16)25/h5-10,13,20H,4,11-12H2,1-3H3,(H,26,32). The van der Waals surface area contributed by atoms with Gasteiger partial charge in [0.25, 0.3) is 5.91 Å². The number of hydrogen-bond acceptors (Lipinski definition) is 4. The van der Waals surface area contributed by atoms with Crippen LogP contribution in [-0.2, 0) is 16.1 Å². The van der Waals surface area contributed by atoms with E-state index in [2.05, 4.69) is 5.32 Å². The maximum absolute atomic E-state index is 13.6. The second-order valence-corrected chi connectivity index (χ2v) is 8.88. The summed E-state index contributed by atoms with van der Waals surface area (Å²) in [5, 5.41) is 3.68. The number of rotatable bonds is 6. The van der Waals surface area contributed by atoms with Crippen LogP contribution in [0.25, 0.3) is 0 Å². The highest BCUT2D eigenvalue weighted by molar-refractivity contribution is 6.35. The van der Waals surface area contributed by atoms with Crippen molar-refractivity contribution in [2.75, 3.05) is 20.1 Å². The van der Waals surface area contributed by atoms with Crippen molar-refractivity contribution in [3.05, 3.63) is 69.2 Å². The summed E-state index contributed by atoms with van der Waals surface area (Å²) in [6.07, 6.45) is 1.55. The molecule has 3 heterocycles. The number of nitrogens with one attached hydrogen (secondary N) is 1. The number of likely N-dealkylation sites (N-methyl/N-ethyl adjacent to an activating group) is 2. The molecule has 2 atom stereocenters. The number of nitrogens with zero attached hydrogens (tertiary/aromatic N) is 3. The highest BCUT2D eigenvalue weighted by Crippen LogP contribution is 2.39. The van der Waals surface area contributed by atoms with Crippen LogP contribution in [0.3, 0.4) is 0 Å². The Hall–Kier alpha value is -2.97. The summed E-state index contributed by atoms with van der Waals surface area (Å²) in [5.74, 6) is 0.0994. The van der Waals surface area contributed by atoms with Crippen LogP contribution >= 0.6 is 23.2 Å². The van der Waals surface area contributed by atoms with Gasteiger partial charge >= 0.3 is 6.03 Å². The van der Waals surface area contributed by atoms with Gasteiger partial charge in [0.1, 0.15) is 11.8 Å². The average molecular weight is 491 g/mol. The topological polar surface area (TPSA) is 86.1 Å². The van der Waals surface area contributed by atoms with Crippen molar-refractivity contribution in [2.45, 2.75) is 32.5 Å². The van der Waals surface area contributed by atoms with Crippen molar-refractivity contribution in [2.24, 2.45) is 0 Å². The summed E-state index contributed by atoms with van der Waals surface area (Å²) < 4.78 is 5.32. The van der Waals surface area contributed by atoms with E-state index < -0.39 is 12.1 Å². The molecule has 0 fully saturated rings. The molecule has 1 N–H and O–H groups in total. The zero-order chi connectivity index (χ0) is 23.9. The van der Waals surface area contributed by atoms with Crippen molar-refractivity contribution in [3.63, 3.8) is 0 Å². The van der Waals surface area contributed by atoms with Crippen LogP contribution in [0, 0.1) is 0 Å². The van der Waals surface area contributed by atoms with Gasteiger partial charge in [0.2, 0.25) is 5.91 Å². The first-order chi connectivity index (χ1) is 15.7. The Labute approximate surface area is 201 Å². The molecule has 4 rings (SSSR count). The van der Waals surface area contributed by atoms with E-state index in [4.69, 9.17) is 27.6 Å². The van der Waals surface area contributed by atoms with Crippen molar-refractivity contribution in [1.82, 2.24) is 20.0 Å². The fourth-order valence-corrected chi connectivity index (χ4v) is 4.81. The van der Waals surface area contributed by atoms with Gasteiger partial charge < -0.3 is 19.5 Å². The number of urea groups is 1. The predicted molar refractivity (Wildman–Crippen MR) is 123 cm³/mol. The molecule has 0 aliphatic carbocycles. The average Bonchev–Trinajstić information content (AvgIpc) is 3.40. The lowest BCUT2D eigenvalue weighted by Crippen LogP contribution is -2.47. The maximum atomic E-state index is 13.6. The smallest absolute Gasteiger partial charge is 0.322 e. The molecule has 2 unspecified atom stereocenters. The van der Waals surface area contributed by atoms with Crippen molar-refractivity contribution < 1.29 is 18.8 Å². The molecule has 0 spiro atoms. The second kappa shape index (κ2) is 9.11. The molecule has 1 aromatic carbocycles. The molecule has 8 nitrogen and oxygen atoms in total. The minimum absolute atomic E-state index is 0.151. The van der Waals surface area contributed by atoms with Gasteiger partial charge in [-0.05, 0) is 43.7 Å². The third-order valence-corrected chi connectivity index (χ3v) is 6.58. The van der Waals surface area contributed by atoms with Crippen LogP contribution in [0.4, 0.5) is 4.79 Å². The fraction of sp³-hybridized carbons (Fsp3) is 0.348. The van der Waals surface area contributed by atoms with Gasteiger partial charge in [-0.15, -0.1) is 0 Å². The van der Waals surface area contributed by atoms with E-state index >= 15 is 0 Å². The Balaban J connectivity index is 1.63. The van der Waals surface area contributed by atoms with Crippen LogP contribution < -0.4 is 5.32 Å². The number of carbonyl (C=O) groups is 3. The van der Waals surface area contributed by atoms with Gasteiger partial charge in [0.05, 0.1) is 36.7 Å². The van der Waals surface area contributed by atoms with E-state index in [0.29, 0.717) is 39.2 Å². The largest absolute Gasteiger partial charge is 0.467 e. The van der Waals surface area contributed by atoms with Crippen molar-refractivity contribution in [1.29, 1.82) is 0 Å². The molecule has 2 aromatic rings. The Morgan fingerprint density at radius 3 is 2.70 bits per heavy atom. The summed E-state index contributed by atoms with van der Waals surface area (Å²) >= 11 is 12.4. The van der Waals surface area contributed by atoms with Crippen LogP contribution in [0.1, 0.15) is 31.2 Å². The normalized spacial score (nSPS) is 19.0. The maximum Gasteiger partial charge on any atom is 0.322 e. The first kappa shape index (κ1) is 23.2. The highest BCUT2D eigenvalue weighted by atomic mass is 35.5. The Morgan fingerprint density at radius 2 is 2.06 bits per heavy atom. The molecule has 4 amide bonds. The zero-order valence-electron chi connectivity index (χ0n) is 18.5. The number of carbonyl (C=O) groups excluding carboxylic acids is 3. The molecule has 174 valence electrons. The van der Waals surface area contributed by atoms with Gasteiger partial charge in [-0.3, -0.25) is 14.5 Å². The molecule has 0 radical (unpaired) electrons. The summed E-state index contributed by atoms with van der Waals surface area (Å²) in [6, 6.07) is 6.67. The molecule has 0 saturated carbocycles. The summed E-state index contributed by atoms with van der Waals surface area (Å²) in [4.78, 5) is 44.1. The van der Waals surface area contributed by atoms with Crippen molar-refractivity contribution >= 4 is 41.0 Å². The first-order valence-electron chi connectivity index (χ1n) is 10.6. The molecule has 10 heteroatoms. The number of benzene rings is 1. The Bertz CT molecular complexity index is 1130. The van der Waals surface area contributed by atoms with Crippen LogP contribution in [0.5, 0.6) is 0 Å². The van der Waals surface area contributed by atoms with Crippen LogP contribution in [0.15, 0.2) is 52.3 Å². The molecule has 0 bridgehead atoms. The lowest BCUT2D eigenvalue weighted by Gasteiger charge is -2.33. The van der Waals surface area contributed by atoms with Gasteiger partial charge in [0.15, 0.2) is 0 Å². The Kier molecular flexibility index (Phi) is 6.41. The van der Waals surface area contributed by atoms with Gasteiger partial charge in [-0.1, -0.05) is 29.3 Å². The fourth-order valence-electron chi connectivity index (χ4n) is 4.30. The lowest BCUT2D eigenvalue weighted by molar-refractivity contribution is -0.141. The number of amides is 4. The third kappa shape index (κ3) is 4.20. The quantitative estimate of drug-likeness (QED) is 0.666. The second-order valence-electron chi connectivity index (χ2n) is 8.04. The minimum Gasteiger partial charge on any atom is -0.467 e. The first-order valence-corrected chi connectivity index (χ1v) is 11.3. The van der Waals surface area contributed by atoms with Crippen molar-refractivity contribution in [3.8, 4) is 0 Å². The molecule has 33 heavy (non-hydrogen) atoms. The van der Waals surface area contributed by atoms with Gasteiger partial charge in [-0.2, -0.15) is 0 Å². The van der Waals surface area contributed by atoms with Gasteiger partial charge in [-0.25, -0.2) is 4.79 Å². The van der Waals surface area contributed by atoms with Gasteiger partial charge in [0, 0.05) is 23.6 Å². The van der Waals surface area contributed by atoms with Crippen LogP contribution in [-0.4, -0.2) is 58.7 Å². The zero-order valence-corrected chi connectivity index (χ0v) is 20.0. The summed E-state index contributed by atoms with van der Waals surface area (Å²) in [5.41, 5.74) is 1.56. The minimum atomic E-state index is -0.738. The highest BCUT2D eigenvalue weighted by Gasteiger charge is 2.46. The van der Waals surface area contributed by atoms with E-state index in [1.165, 1.54) is 14.7 Å². The number of halogens is 2. The third-order valence-electron chi connectivity index (χ3n) is 6.01. The molecule has 0 saturated heterocycles.